The van der Waals surface area contributed by atoms with Crippen LogP contribution < -0.4 is 10.6 Å². The van der Waals surface area contributed by atoms with Gasteiger partial charge in [-0.25, -0.2) is 0 Å². The molecule has 1 aliphatic rings. The third-order valence-electron chi connectivity index (χ3n) is 4.71. The van der Waals surface area contributed by atoms with Gasteiger partial charge in [0.05, 0.1) is 11.1 Å². The van der Waals surface area contributed by atoms with Crippen LogP contribution in [0.25, 0.3) is 5.70 Å². The molecule has 0 radical (unpaired) electrons. The van der Waals surface area contributed by atoms with Crippen molar-refractivity contribution in [3.63, 3.8) is 0 Å². The van der Waals surface area contributed by atoms with E-state index in [9.17, 15) is 4.79 Å². The van der Waals surface area contributed by atoms with E-state index in [0.717, 1.165) is 28.1 Å². The van der Waals surface area contributed by atoms with Crippen molar-refractivity contribution in [3.8, 4) is 0 Å². The van der Waals surface area contributed by atoms with Crippen molar-refractivity contribution in [2.75, 3.05) is 11.9 Å². The Morgan fingerprint density at radius 2 is 1.96 bits per heavy atom. The average molecular weight is 334 g/mol. The number of carbonyl (C=O) groups excluding carboxylic acids is 1. The van der Waals surface area contributed by atoms with Crippen molar-refractivity contribution in [1.29, 1.82) is 5.41 Å². The molecule has 0 aliphatic carbocycles. The van der Waals surface area contributed by atoms with Crippen LogP contribution in [0.1, 0.15) is 36.2 Å². The van der Waals surface area contributed by atoms with Crippen LogP contribution in [0, 0.1) is 12.3 Å². The second kappa shape index (κ2) is 5.84. The second-order valence-electron chi connectivity index (χ2n) is 6.92. The fourth-order valence-corrected chi connectivity index (χ4v) is 3.20. The van der Waals surface area contributed by atoms with Gasteiger partial charge in [-0.05, 0) is 50.6 Å². The predicted molar refractivity (Wildman–Crippen MR) is 101 cm³/mol. The van der Waals surface area contributed by atoms with E-state index in [0.29, 0.717) is 11.4 Å². The highest BCUT2D eigenvalue weighted by Gasteiger charge is 2.42. The SMILES string of the molecule is Cc1cc(/C(N)=C/C(=N)c2ccc3c(c2)N(C)C(=O)C3(C)C)ccn1. The number of fused-ring (bicyclic) bond motifs is 1. The molecule has 3 rings (SSSR count). The monoisotopic (exact) mass is 334 g/mol. The van der Waals surface area contributed by atoms with E-state index < -0.39 is 5.41 Å². The molecule has 25 heavy (non-hydrogen) atoms. The number of aryl methyl sites for hydroxylation is 1. The fourth-order valence-electron chi connectivity index (χ4n) is 3.20. The van der Waals surface area contributed by atoms with E-state index in [1.807, 2.05) is 51.1 Å². The molecule has 0 unspecified atom stereocenters. The summed E-state index contributed by atoms with van der Waals surface area (Å²) in [5.41, 5.74) is 10.7. The van der Waals surface area contributed by atoms with Gasteiger partial charge >= 0.3 is 0 Å². The number of nitrogens with one attached hydrogen (secondary N) is 1. The summed E-state index contributed by atoms with van der Waals surface area (Å²) in [5, 5.41) is 8.37. The van der Waals surface area contributed by atoms with E-state index in [4.69, 9.17) is 11.1 Å². The quantitative estimate of drug-likeness (QED) is 0.846. The Kier molecular flexibility index (Phi) is 3.95. The molecule has 1 aromatic carbocycles. The largest absolute Gasteiger partial charge is 0.398 e. The Hall–Kier alpha value is -2.95. The van der Waals surface area contributed by atoms with Gasteiger partial charge in [0.2, 0.25) is 5.91 Å². The minimum Gasteiger partial charge on any atom is -0.398 e. The first-order valence-electron chi connectivity index (χ1n) is 8.13. The zero-order valence-electron chi connectivity index (χ0n) is 14.9. The number of anilines is 1. The summed E-state index contributed by atoms with van der Waals surface area (Å²) in [7, 11) is 1.77. The minimum absolute atomic E-state index is 0.0634. The summed E-state index contributed by atoms with van der Waals surface area (Å²) in [6.45, 7) is 5.75. The molecule has 0 saturated carbocycles. The van der Waals surface area contributed by atoms with Gasteiger partial charge in [-0.15, -0.1) is 0 Å². The van der Waals surface area contributed by atoms with Crippen LogP contribution in [0.2, 0.25) is 0 Å². The number of likely N-dealkylation sites (N-methyl/N-ethyl adjacent to an activating group) is 1. The summed E-state index contributed by atoms with van der Waals surface area (Å²) in [6.07, 6.45) is 3.34. The molecule has 0 saturated heterocycles. The maximum Gasteiger partial charge on any atom is 0.236 e. The van der Waals surface area contributed by atoms with Gasteiger partial charge in [0.15, 0.2) is 0 Å². The molecule has 5 heteroatoms. The third kappa shape index (κ3) is 2.82. The molecule has 3 N–H and O–H groups in total. The Balaban J connectivity index is 1.95. The van der Waals surface area contributed by atoms with Crippen LogP contribution >= 0.6 is 0 Å². The fraction of sp³-hybridized carbons (Fsp3) is 0.250. The van der Waals surface area contributed by atoms with Gasteiger partial charge in [-0.2, -0.15) is 0 Å². The maximum atomic E-state index is 12.4. The summed E-state index contributed by atoms with van der Waals surface area (Å²) in [6, 6.07) is 9.39. The number of carbonyl (C=O) groups is 1. The third-order valence-corrected chi connectivity index (χ3v) is 4.71. The lowest BCUT2D eigenvalue weighted by Gasteiger charge is -2.16. The Labute approximate surface area is 147 Å². The van der Waals surface area contributed by atoms with Crippen molar-refractivity contribution in [2.45, 2.75) is 26.2 Å². The molecule has 2 aromatic rings. The van der Waals surface area contributed by atoms with E-state index >= 15 is 0 Å². The summed E-state index contributed by atoms with van der Waals surface area (Å²) in [5.74, 6) is 0.0634. The lowest BCUT2D eigenvalue weighted by Crippen LogP contribution is -2.33. The van der Waals surface area contributed by atoms with Gasteiger partial charge in [0.1, 0.15) is 0 Å². The Morgan fingerprint density at radius 3 is 2.64 bits per heavy atom. The number of pyridine rings is 1. The van der Waals surface area contributed by atoms with Crippen molar-refractivity contribution in [1.82, 2.24) is 4.98 Å². The van der Waals surface area contributed by atoms with Crippen molar-refractivity contribution < 1.29 is 4.79 Å². The van der Waals surface area contributed by atoms with Crippen LogP contribution in [0.5, 0.6) is 0 Å². The average Bonchev–Trinajstić information content (AvgIpc) is 2.75. The number of hydrogen-bond acceptors (Lipinski definition) is 4. The highest BCUT2D eigenvalue weighted by atomic mass is 16.2. The number of rotatable bonds is 3. The highest BCUT2D eigenvalue weighted by Crippen LogP contribution is 2.41. The Bertz CT molecular complexity index is 912. The topological polar surface area (TPSA) is 83.1 Å². The number of nitrogens with two attached hydrogens (primary N) is 1. The number of nitrogens with zero attached hydrogens (tertiary/aromatic N) is 2. The number of hydrogen-bond donors (Lipinski definition) is 2. The molecule has 1 amide bonds. The first-order chi connectivity index (χ1) is 11.7. The number of amides is 1. The molecular formula is C20H22N4O. The second-order valence-corrected chi connectivity index (χ2v) is 6.92. The molecule has 0 spiro atoms. The number of allylic oxidation sites excluding steroid dienone is 1. The van der Waals surface area contributed by atoms with Crippen LogP contribution in [-0.4, -0.2) is 23.7 Å². The van der Waals surface area contributed by atoms with Gasteiger partial charge in [-0.1, -0.05) is 12.1 Å². The lowest BCUT2D eigenvalue weighted by atomic mass is 9.85. The van der Waals surface area contributed by atoms with Crippen LogP contribution in [0.15, 0.2) is 42.6 Å². The van der Waals surface area contributed by atoms with E-state index in [2.05, 4.69) is 4.98 Å². The number of benzene rings is 1. The summed E-state index contributed by atoms with van der Waals surface area (Å²) < 4.78 is 0. The van der Waals surface area contributed by atoms with Crippen LogP contribution in [0.4, 0.5) is 5.69 Å². The molecule has 1 aliphatic heterocycles. The van der Waals surface area contributed by atoms with Crippen molar-refractivity contribution in [2.24, 2.45) is 5.73 Å². The van der Waals surface area contributed by atoms with E-state index in [1.165, 1.54) is 0 Å². The molecule has 0 bridgehead atoms. The van der Waals surface area contributed by atoms with Crippen molar-refractivity contribution >= 4 is 23.0 Å². The van der Waals surface area contributed by atoms with Crippen LogP contribution in [0.3, 0.4) is 0 Å². The number of aromatic nitrogens is 1. The van der Waals surface area contributed by atoms with Gasteiger partial charge in [-0.3, -0.25) is 9.78 Å². The minimum atomic E-state index is -0.533. The lowest BCUT2D eigenvalue weighted by molar-refractivity contribution is -0.121. The normalized spacial score (nSPS) is 16.1. The Morgan fingerprint density at radius 1 is 1.24 bits per heavy atom. The molecule has 5 nitrogen and oxygen atoms in total. The highest BCUT2D eigenvalue weighted by molar-refractivity contribution is 6.13. The molecular weight excluding hydrogens is 312 g/mol. The summed E-state index contributed by atoms with van der Waals surface area (Å²) in [4.78, 5) is 18.2. The van der Waals surface area contributed by atoms with Gasteiger partial charge in [0, 0.05) is 41.4 Å². The zero-order chi connectivity index (χ0) is 18.4. The maximum absolute atomic E-state index is 12.4. The van der Waals surface area contributed by atoms with Crippen molar-refractivity contribution in [3.05, 3.63) is 65.0 Å². The van der Waals surface area contributed by atoms with E-state index in [1.54, 1.807) is 24.2 Å². The molecule has 0 fully saturated rings. The van der Waals surface area contributed by atoms with Gasteiger partial charge in [0.25, 0.3) is 0 Å². The molecule has 2 heterocycles. The first kappa shape index (κ1) is 16.9. The molecule has 0 atom stereocenters. The molecule has 128 valence electrons. The first-order valence-corrected chi connectivity index (χ1v) is 8.13. The zero-order valence-corrected chi connectivity index (χ0v) is 14.9. The standard InChI is InChI=1S/C20H22N4O/c1-12-9-14(7-8-23-12)17(22)11-16(21)13-5-6-15-18(10-13)24(4)19(25)20(15,2)3/h5-11,21H,22H2,1-4H3/b17-11-,21-16?. The summed E-state index contributed by atoms with van der Waals surface area (Å²) >= 11 is 0. The predicted octanol–water partition coefficient (Wildman–Crippen LogP) is 3.01. The van der Waals surface area contributed by atoms with Gasteiger partial charge < -0.3 is 16.0 Å². The smallest absolute Gasteiger partial charge is 0.236 e. The van der Waals surface area contributed by atoms with E-state index in [-0.39, 0.29) is 5.91 Å². The molecule has 1 aromatic heterocycles. The van der Waals surface area contributed by atoms with Crippen LogP contribution in [-0.2, 0) is 10.2 Å².